The van der Waals surface area contributed by atoms with Crippen LogP contribution in [0.25, 0.3) is 0 Å². The van der Waals surface area contributed by atoms with E-state index < -0.39 is 0 Å². The van der Waals surface area contributed by atoms with Gasteiger partial charge in [0, 0.05) is 22.0 Å². The summed E-state index contributed by atoms with van der Waals surface area (Å²) >= 11 is 4.92. The second-order valence-electron chi connectivity index (χ2n) is 3.48. The summed E-state index contributed by atoms with van der Waals surface area (Å²) in [6, 6.07) is 1.91. The summed E-state index contributed by atoms with van der Waals surface area (Å²) in [6.07, 6.45) is 3.66. The third-order valence-electron chi connectivity index (χ3n) is 2.29. The highest BCUT2D eigenvalue weighted by Gasteiger charge is 2.16. The van der Waals surface area contributed by atoms with E-state index in [0.717, 1.165) is 4.47 Å². The van der Waals surface area contributed by atoms with Crippen LogP contribution in [-0.4, -0.2) is 34.2 Å². The van der Waals surface area contributed by atoms with E-state index in [1.165, 1.54) is 0 Å². The molecule has 2 unspecified atom stereocenters. The molecule has 1 heterocycles. The van der Waals surface area contributed by atoms with Gasteiger partial charge in [0.1, 0.15) is 5.82 Å². The van der Waals surface area contributed by atoms with Crippen LogP contribution in [0.15, 0.2) is 16.7 Å². The number of hydrogen-bond donors (Lipinski definition) is 3. The standard InChI is InChI=1S/C10H16BrN3OS/c1-6(9(5-15)16-2)14-10-8(12)3-7(11)4-13-10/h3-4,6,9,15H,5,12H2,1-2H3,(H,13,14). The van der Waals surface area contributed by atoms with Gasteiger partial charge in [-0.3, -0.25) is 0 Å². The fourth-order valence-electron chi connectivity index (χ4n) is 1.32. The van der Waals surface area contributed by atoms with Crippen molar-refractivity contribution in [3.8, 4) is 0 Å². The van der Waals surface area contributed by atoms with E-state index in [1.54, 1.807) is 24.0 Å². The lowest BCUT2D eigenvalue weighted by molar-refractivity contribution is 0.288. The van der Waals surface area contributed by atoms with Gasteiger partial charge in [0.2, 0.25) is 0 Å². The number of nitrogen functional groups attached to an aromatic ring is 1. The van der Waals surface area contributed by atoms with Crippen molar-refractivity contribution in [2.24, 2.45) is 0 Å². The number of aromatic nitrogens is 1. The fraction of sp³-hybridized carbons (Fsp3) is 0.500. The number of thioether (sulfide) groups is 1. The maximum Gasteiger partial charge on any atom is 0.149 e. The van der Waals surface area contributed by atoms with Gasteiger partial charge in [-0.25, -0.2) is 4.98 Å². The van der Waals surface area contributed by atoms with Crippen LogP contribution in [0.3, 0.4) is 0 Å². The zero-order chi connectivity index (χ0) is 12.1. The highest BCUT2D eigenvalue weighted by molar-refractivity contribution is 9.10. The van der Waals surface area contributed by atoms with Crippen molar-refractivity contribution in [1.82, 2.24) is 4.98 Å². The predicted octanol–water partition coefficient (Wildman–Crippen LogP) is 1.95. The first-order valence-electron chi connectivity index (χ1n) is 4.89. The van der Waals surface area contributed by atoms with Crippen molar-refractivity contribution >= 4 is 39.2 Å². The van der Waals surface area contributed by atoms with Crippen molar-refractivity contribution in [2.75, 3.05) is 23.9 Å². The minimum Gasteiger partial charge on any atom is -0.396 e. The van der Waals surface area contributed by atoms with Crippen molar-refractivity contribution in [3.63, 3.8) is 0 Å². The number of anilines is 2. The fourth-order valence-corrected chi connectivity index (χ4v) is 2.30. The molecular formula is C10H16BrN3OS. The molecule has 0 amide bonds. The quantitative estimate of drug-likeness (QED) is 0.775. The Balaban J connectivity index is 2.72. The summed E-state index contributed by atoms with van der Waals surface area (Å²) in [6.45, 7) is 2.13. The van der Waals surface area contributed by atoms with E-state index in [1.807, 2.05) is 13.2 Å². The summed E-state index contributed by atoms with van der Waals surface area (Å²) in [5.74, 6) is 0.656. The van der Waals surface area contributed by atoms with Gasteiger partial charge in [-0.05, 0) is 35.2 Å². The second kappa shape index (κ2) is 6.32. The number of aliphatic hydroxyl groups excluding tert-OH is 1. The molecule has 1 rings (SSSR count). The summed E-state index contributed by atoms with van der Waals surface area (Å²) in [7, 11) is 0. The van der Waals surface area contributed by atoms with Gasteiger partial charge in [0.15, 0.2) is 0 Å². The van der Waals surface area contributed by atoms with Crippen LogP contribution in [0.4, 0.5) is 11.5 Å². The average molecular weight is 306 g/mol. The molecule has 0 aromatic carbocycles. The van der Waals surface area contributed by atoms with Crippen LogP contribution >= 0.6 is 27.7 Å². The monoisotopic (exact) mass is 305 g/mol. The number of nitrogens with one attached hydrogen (secondary N) is 1. The molecule has 0 saturated heterocycles. The Labute approximate surface area is 108 Å². The molecule has 0 saturated carbocycles. The zero-order valence-electron chi connectivity index (χ0n) is 9.27. The normalized spacial score (nSPS) is 14.5. The summed E-state index contributed by atoms with van der Waals surface area (Å²) in [5, 5.41) is 12.5. The van der Waals surface area contributed by atoms with Crippen LogP contribution in [0.1, 0.15) is 6.92 Å². The van der Waals surface area contributed by atoms with E-state index in [0.29, 0.717) is 11.5 Å². The summed E-state index contributed by atoms with van der Waals surface area (Å²) in [4.78, 5) is 4.19. The SMILES string of the molecule is CSC(CO)C(C)Nc1ncc(Br)cc1N. The van der Waals surface area contributed by atoms with Crippen molar-refractivity contribution < 1.29 is 5.11 Å². The van der Waals surface area contributed by atoms with E-state index in [4.69, 9.17) is 10.8 Å². The Kier molecular flexibility index (Phi) is 5.37. The van der Waals surface area contributed by atoms with Gasteiger partial charge in [0.05, 0.1) is 12.3 Å². The summed E-state index contributed by atoms with van der Waals surface area (Å²) < 4.78 is 0.853. The van der Waals surface area contributed by atoms with Crippen LogP contribution in [0, 0.1) is 0 Å². The largest absolute Gasteiger partial charge is 0.396 e. The first-order valence-corrected chi connectivity index (χ1v) is 6.97. The number of aliphatic hydroxyl groups is 1. The maximum atomic E-state index is 9.17. The Morgan fingerprint density at radius 1 is 1.69 bits per heavy atom. The number of hydrogen-bond acceptors (Lipinski definition) is 5. The number of pyridine rings is 1. The Morgan fingerprint density at radius 2 is 2.38 bits per heavy atom. The lowest BCUT2D eigenvalue weighted by Gasteiger charge is -2.22. The zero-order valence-corrected chi connectivity index (χ0v) is 11.7. The third-order valence-corrected chi connectivity index (χ3v) is 3.89. The molecule has 0 bridgehead atoms. The van der Waals surface area contributed by atoms with Crippen LogP contribution in [0.2, 0.25) is 0 Å². The number of rotatable bonds is 5. The Hall–Kier alpha value is -0.460. The highest BCUT2D eigenvalue weighted by atomic mass is 79.9. The van der Waals surface area contributed by atoms with Gasteiger partial charge in [-0.15, -0.1) is 0 Å². The first kappa shape index (κ1) is 13.6. The van der Waals surface area contributed by atoms with Gasteiger partial charge in [-0.1, -0.05) is 0 Å². The van der Waals surface area contributed by atoms with Crippen molar-refractivity contribution in [2.45, 2.75) is 18.2 Å². The molecule has 4 nitrogen and oxygen atoms in total. The lowest BCUT2D eigenvalue weighted by Crippen LogP contribution is -2.31. The van der Waals surface area contributed by atoms with Crippen molar-refractivity contribution in [3.05, 3.63) is 16.7 Å². The molecule has 4 N–H and O–H groups in total. The minimum atomic E-state index is 0.107. The third kappa shape index (κ3) is 3.54. The number of halogens is 1. The van der Waals surface area contributed by atoms with E-state index in [-0.39, 0.29) is 17.9 Å². The van der Waals surface area contributed by atoms with E-state index >= 15 is 0 Å². The first-order chi connectivity index (χ1) is 7.58. The van der Waals surface area contributed by atoms with E-state index in [9.17, 15) is 0 Å². The Morgan fingerprint density at radius 3 is 2.88 bits per heavy atom. The smallest absolute Gasteiger partial charge is 0.149 e. The van der Waals surface area contributed by atoms with Gasteiger partial charge in [-0.2, -0.15) is 11.8 Å². The highest BCUT2D eigenvalue weighted by Crippen LogP contribution is 2.22. The van der Waals surface area contributed by atoms with Crippen molar-refractivity contribution in [1.29, 1.82) is 0 Å². The lowest BCUT2D eigenvalue weighted by atomic mass is 10.2. The van der Waals surface area contributed by atoms with Gasteiger partial charge in [0.25, 0.3) is 0 Å². The van der Waals surface area contributed by atoms with E-state index in [2.05, 4.69) is 26.2 Å². The minimum absolute atomic E-state index is 0.107. The molecule has 1 aromatic rings. The molecule has 0 radical (unpaired) electrons. The van der Waals surface area contributed by atoms with Crippen LogP contribution < -0.4 is 11.1 Å². The molecule has 16 heavy (non-hydrogen) atoms. The van der Waals surface area contributed by atoms with Gasteiger partial charge < -0.3 is 16.2 Å². The van der Waals surface area contributed by atoms with Crippen LogP contribution in [0.5, 0.6) is 0 Å². The Bertz CT molecular complexity index is 347. The molecule has 1 aromatic heterocycles. The topological polar surface area (TPSA) is 71.2 Å². The van der Waals surface area contributed by atoms with Gasteiger partial charge >= 0.3 is 0 Å². The molecule has 0 fully saturated rings. The second-order valence-corrected chi connectivity index (χ2v) is 5.47. The molecule has 90 valence electrons. The van der Waals surface area contributed by atoms with Crippen LogP contribution in [-0.2, 0) is 0 Å². The number of nitrogens with two attached hydrogens (primary N) is 1. The predicted molar refractivity (Wildman–Crippen MR) is 73.8 cm³/mol. The molecule has 0 aliphatic heterocycles. The summed E-state index contributed by atoms with van der Waals surface area (Å²) in [5.41, 5.74) is 6.42. The molecule has 0 aliphatic carbocycles. The number of nitrogens with zero attached hydrogens (tertiary/aromatic N) is 1. The molecular weight excluding hydrogens is 290 g/mol. The molecule has 6 heteroatoms. The average Bonchev–Trinajstić information content (AvgIpc) is 2.24. The molecule has 0 spiro atoms. The molecule has 0 aliphatic rings. The molecule has 2 atom stereocenters. The maximum absolute atomic E-state index is 9.17.